The van der Waals surface area contributed by atoms with Crippen LogP contribution < -0.4 is 0 Å². The molecule has 0 N–H and O–H groups in total. The summed E-state index contributed by atoms with van der Waals surface area (Å²) < 4.78 is 7.55. The minimum absolute atomic E-state index is 0.0271. The predicted molar refractivity (Wildman–Crippen MR) is 106 cm³/mol. The third-order valence-electron chi connectivity index (χ3n) is 6.26. The molecule has 1 aromatic heterocycles. The number of carbonyl (C=O) groups excluding carboxylic acids is 1. The van der Waals surface area contributed by atoms with Gasteiger partial charge in [-0.25, -0.2) is 4.68 Å². The molecule has 28 heavy (non-hydrogen) atoms. The average molecular weight is 378 g/mol. The standard InChI is InChI=1S/C22H26N4O2/c1-16-8-9-18(21(27)25-14-22(15-25)10-5-11-28-22)20(12-16)26-13-19(23-24-26)17-6-3-2-4-7-17/h5,8-10,12-13,17H,2-4,6-7,11,14-15H2,1H3. The van der Waals surface area contributed by atoms with E-state index in [1.165, 1.54) is 32.1 Å². The van der Waals surface area contributed by atoms with Crippen LogP contribution in [0, 0.1) is 6.92 Å². The van der Waals surface area contributed by atoms with Crippen LogP contribution in [-0.4, -0.2) is 51.1 Å². The lowest BCUT2D eigenvalue weighted by Gasteiger charge is -2.46. The number of hydrogen-bond acceptors (Lipinski definition) is 4. The number of hydrogen-bond donors (Lipinski definition) is 0. The highest BCUT2D eigenvalue weighted by Gasteiger charge is 2.46. The molecule has 0 radical (unpaired) electrons. The van der Waals surface area contributed by atoms with Gasteiger partial charge < -0.3 is 9.64 Å². The molecule has 1 amide bonds. The number of rotatable bonds is 3. The quantitative estimate of drug-likeness (QED) is 0.768. The van der Waals surface area contributed by atoms with Crippen LogP contribution in [0.2, 0.25) is 0 Å². The Morgan fingerprint density at radius 1 is 1.21 bits per heavy atom. The van der Waals surface area contributed by atoms with Gasteiger partial charge in [-0.2, -0.15) is 0 Å². The van der Waals surface area contributed by atoms with Crippen molar-refractivity contribution in [2.24, 2.45) is 0 Å². The van der Waals surface area contributed by atoms with Gasteiger partial charge in [-0.3, -0.25) is 4.79 Å². The fraction of sp³-hybridized carbons (Fsp3) is 0.500. The van der Waals surface area contributed by atoms with Gasteiger partial charge >= 0.3 is 0 Å². The van der Waals surface area contributed by atoms with Crippen LogP contribution in [0.1, 0.15) is 59.6 Å². The molecule has 0 unspecified atom stereocenters. The number of ether oxygens (including phenoxy) is 1. The first kappa shape index (κ1) is 17.6. The lowest BCUT2D eigenvalue weighted by atomic mass is 9.87. The number of nitrogens with zero attached hydrogens (tertiary/aromatic N) is 4. The zero-order valence-electron chi connectivity index (χ0n) is 16.3. The largest absolute Gasteiger partial charge is 0.363 e. The van der Waals surface area contributed by atoms with Crippen molar-refractivity contribution in [1.82, 2.24) is 19.9 Å². The smallest absolute Gasteiger partial charge is 0.256 e. The molecule has 2 aliphatic heterocycles. The first-order chi connectivity index (χ1) is 13.6. The van der Waals surface area contributed by atoms with E-state index >= 15 is 0 Å². The van der Waals surface area contributed by atoms with Crippen molar-refractivity contribution in [3.8, 4) is 5.69 Å². The van der Waals surface area contributed by atoms with Crippen molar-refractivity contribution in [3.05, 3.63) is 53.4 Å². The highest BCUT2D eigenvalue weighted by Crippen LogP contribution is 2.33. The number of likely N-dealkylation sites (tertiary alicyclic amines) is 1. The molecule has 1 saturated heterocycles. The topological polar surface area (TPSA) is 60.2 Å². The van der Waals surface area contributed by atoms with E-state index in [1.807, 2.05) is 42.3 Å². The van der Waals surface area contributed by atoms with Crippen molar-refractivity contribution >= 4 is 5.91 Å². The van der Waals surface area contributed by atoms with E-state index in [-0.39, 0.29) is 11.5 Å². The monoisotopic (exact) mass is 378 g/mol. The second-order valence-corrected chi connectivity index (χ2v) is 8.38. The summed E-state index contributed by atoms with van der Waals surface area (Å²) in [5, 5.41) is 8.82. The number of aryl methyl sites for hydroxylation is 1. The van der Waals surface area contributed by atoms with Crippen molar-refractivity contribution in [3.63, 3.8) is 0 Å². The number of benzene rings is 1. The highest BCUT2D eigenvalue weighted by molar-refractivity contribution is 5.98. The van der Waals surface area contributed by atoms with Gasteiger partial charge in [-0.05, 0) is 37.5 Å². The average Bonchev–Trinajstić information content (AvgIpc) is 3.37. The molecule has 1 spiro atoms. The van der Waals surface area contributed by atoms with E-state index in [0.717, 1.165) is 16.9 Å². The maximum atomic E-state index is 13.2. The van der Waals surface area contributed by atoms with Gasteiger partial charge in [0.2, 0.25) is 0 Å². The van der Waals surface area contributed by atoms with E-state index in [2.05, 4.69) is 16.4 Å². The third-order valence-corrected chi connectivity index (χ3v) is 6.26. The second-order valence-electron chi connectivity index (χ2n) is 8.38. The SMILES string of the molecule is Cc1ccc(C(=O)N2CC3(C=CCO3)C2)c(-n2cc(C3CCCCC3)nn2)c1. The Morgan fingerprint density at radius 2 is 2.04 bits per heavy atom. The normalized spacial score (nSPS) is 21.2. The number of aromatic nitrogens is 3. The second kappa shape index (κ2) is 6.85. The Labute approximate surface area is 165 Å². The molecule has 0 atom stereocenters. The summed E-state index contributed by atoms with van der Waals surface area (Å²) in [5.41, 5.74) is 3.36. The molecule has 6 nitrogen and oxygen atoms in total. The fourth-order valence-electron chi connectivity index (χ4n) is 4.63. The lowest BCUT2D eigenvalue weighted by molar-refractivity contribution is -0.0754. The first-order valence-electron chi connectivity index (χ1n) is 10.3. The molecule has 1 aliphatic carbocycles. The molecule has 2 fully saturated rings. The minimum atomic E-state index is -0.262. The molecule has 6 heteroatoms. The van der Waals surface area contributed by atoms with Crippen LogP contribution in [0.5, 0.6) is 0 Å². The summed E-state index contributed by atoms with van der Waals surface area (Å²) in [7, 11) is 0. The van der Waals surface area contributed by atoms with Crippen LogP contribution in [0.25, 0.3) is 5.69 Å². The number of amides is 1. The maximum absolute atomic E-state index is 13.2. The Bertz CT molecular complexity index is 920. The first-order valence-corrected chi connectivity index (χ1v) is 10.3. The summed E-state index contributed by atoms with van der Waals surface area (Å²) in [6, 6.07) is 5.91. The molecule has 0 bridgehead atoms. The van der Waals surface area contributed by atoms with Crippen molar-refractivity contribution in [2.45, 2.75) is 50.5 Å². The molecule has 146 valence electrons. The van der Waals surface area contributed by atoms with Crippen molar-refractivity contribution in [2.75, 3.05) is 19.7 Å². The zero-order valence-corrected chi connectivity index (χ0v) is 16.3. The van der Waals surface area contributed by atoms with Gasteiger partial charge in [0, 0.05) is 5.92 Å². The van der Waals surface area contributed by atoms with Gasteiger partial charge in [0.1, 0.15) is 5.60 Å². The molecular formula is C22H26N4O2. The molecule has 5 rings (SSSR count). The number of carbonyl (C=O) groups is 1. The maximum Gasteiger partial charge on any atom is 0.256 e. The fourth-order valence-corrected chi connectivity index (χ4v) is 4.63. The summed E-state index contributed by atoms with van der Waals surface area (Å²) >= 11 is 0. The van der Waals surface area contributed by atoms with Crippen LogP contribution in [0.15, 0.2) is 36.5 Å². The molecule has 3 heterocycles. The molecular weight excluding hydrogens is 352 g/mol. The van der Waals surface area contributed by atoms with Crippen LogP contribution >= 0.6 is 0 Å². The van der Waals surface area contributed by atoms with E-state index in [4.69, 9.17) is 4.74 Å². The van der Waals surface area contributed by atoms with E-state index < -0.39 is 0 Å². The Morgan fingerprint density at radius 3 is 2.79 bits per heavy atom. The zero-order chi connectivity index (χ0) is 19.1. The lowest BCUT2D eigenvalue weighted by Crippen LogP contribution is -2.62. The highest BCUT2D eigenvalue weighted by atomic mass is 16.5. The van der Waals surface area contributed by atoms with Crippen molar-refractivity contribution in [1.29, 1.82) is 0 Å². The molecule has 3 aliphatic rings. The van der Waals surface area contributed by atoms with Gasteiger partial charge in [0.25, 0.3) is 5.91 Å². The van der Waals surface area contributed by atoms with Crippen molar-refractivity contribution < 1.29 is 9.53 Å². The molecule has 1 aromatic carbocycles. The van der Waals surface area contributed by atoms with Gasteiger partial charge in [0.15, 0.2) is 0 Å². The van der Waals surface area contributed by atoms with E-state index in [9.17, 15) is 4.79 Å². The summed E-state index contributed by atoms with van der Waals surface area (Å²) in [4.78, 5) is 15.0. The van der Waals surface area contributed by atoms with Gasteiger partial charge in [-0.1, -0.05) is 42.7 Å². The predicted octanol–water partition coefficient (Wildman–Crippen LogP) is 3.40. The Kier molecular flexibility index (Phi) is 4.31. The molecule has 2 aromatic rings. The third kappa shape index (κ3) is 3.05. The Balaban J connectivity index is 1.41. The summed E-state index contributed by atoms with van der Waals surface area (Å²) in [6.07, 6.45) is 12.3. The molecule has 1 saturated carbocycles. The van der Waals surface area contributed by atoms with Gasteiger partial charge in [-0.15, -0.1) is 5.10 Å². The van der Waals surface area contributed by atoms with E-state index in [1.54, 1.807) is 4.68 Å². The van der Waals surface area contributed by atoms with Crippen LogP contribution in [0.3, 0.4) is 0 Å². The van der Waals surface area contributed by atoms with Crippen LogP contribution in [-0.2, 0) is 4.74 Å². The Hall–Kier alpha value is -2.47. The summed E-state index contributed by atoms with van der Waals surface area (Å²) in [6.45, 7) is 3.90. The summed E-state index contributed by atoms with van der Waals surface area (Å²) in [5.74, 6) is 0.521. The van der Waals surface area contributed by atoms with Crippen LogP contribution in [0.4, 0.5) is 0 Å². The van der Waals surface area contributed by atoms with E-state index in [0.29, 0.717) is 31.2 Å². The van der Waals surface area contributed by atoms with Gasteiger partial charge in [0.05, 0.1) is 42.8 Å². The minimum Gasteiger partial charge on any atom is -0.363 e.